The van der Waals surface area contributed by atoms with Crippen LogP contribution in [-0.2, 0) is 15.2 Å². The molecule has 1 fully saturated rings. The monoisotopic (exact) mass is 367 g/mol. The van der Waals surface area contributed by atoms with E-state index >= 15 is 0 Å². The molecule has 0 aliphatic carbocycles. The molecule has 1 rings (SSSR count). The van der Waals surface area contributed by atoms with Gasteiger partial charge in [-0.25, -0.2) is 0 Å². The summed E-state index contributed by atoms with van der Waals surface area (Å²) in [6.07, 6.45) is 3.50. The second-order valence-corrected chi connectivity index (χ2v) is 4.56. The molecule has 1 aliphatic heterocycles. The van der Waals surface area contributed by atoms with Crippen molar-refractivity contribution in [3.05, 3.63) is 0 Å². The van der Waals surface area contributed by atoms with Gasteiger partial charge in [-0.15, -0.1) is 0 Å². The van der Waals surface area contributed by atoms with E-state index in [1.54, 1.807) is 0 Å². The van der Waals surface area contributed by atoms with Gasteiger partial charge in [-0.3, -0.25) is 0 Å². The van der Waals surface area contributed by atoms with E-state index in [1.165, 1.54) is 0 Å². The summed E-state index contributed by atoms with van der Waals surface area (Å²) in [5.41, 5.74) is 0. The molecule has 0 N–H and O–H groups in total. The van der Waals surface area contributed by atoms with Crippen LogP contribution < -0.4 is 0 Å². The van der Waals surface area contributed by atoms with E-state index in [4.69, 9.17) is 5.63 Å². The molecule has 0 bridgehead atoms. The average Bonchev–Trinajstić information content (AvgIpc) is 2.04. The fraction of sp³-hybridized carbons (Fsp3) is 0.714. The van der Waals surface area contributed by atoms with Crippen LogP contribution >= 0.6 is 0 Å². The maximum absolute atomic E-state index is 10.8. The van der Waals surface area contributed by atoms with Crippen molar-refractivity contribution in [3.8, 4) is 0 Å². The van der Waals surface area contributed by atoms with Gasteiger partial charge in [0.15, 0.2) is 0 Å². The summed E-state index contributed by atoms with van der Waals surface area (Å²) in [7, 11) is 0. The zero-order valence-corrected chi connectivity index (χ0v) is 10.1. The molecule has 0 spiro atoms. The molecule has 0 saturated carbocycles. The van der Waals surface area contributed by atoms with Crippen LogP contribution in [0.25, 0.3) is 0 Å². The van der Waals surface area contributed by atoms with E-state index in [2.05, 4.69) is 0 Å². The third-order valence-electron chi connectivity index (χ3n) is 1.54. The molecule has 1 radical (unpaired) electrons. The van der Waals surface area contributed by atoms with Crippen molar-refractivity contribution >= 4 is 36.1 Å². The number of rotatable bonds is 0. The number of hydrogen-bond acceptors (Lipinski definition) is 4. The first kappa shape index (κ1) is 9.91. The van der Waals surface area contributed by atoms with E-state index < -0.39 is 24.1 Å². The fourth-order valence-electron chi connectivity index (χ4n) is 0.909. The Morgan fingerprint density at radius 1 is 0.917 bits per heavy atom. The van der Waals surface area contributed by atoms with Crippen molar-refractivity contribution in [2.75, 3.05) is 0 Å². The van der Waals surface area contributed by atoms with Crippen LogP contribution in [0.5, 0.6) is 0 Å². The molecule has 1 heterocycles. The maximum atomic E-state index is 10.8. The molecule has 0 unspecified atom stereocenters. The topological polar surface area (TPSA) is 52.6 Å². The van der Waals surface area contributed by atoms with Crippen LogP contribution in [0.2, 0.25) is 0 Å². The van der Waals surface area contributed by atoms with E-state index in [0.717, 1.165) is 19.3 Å². The summed E-state index contributed by atoms with van der Waals surface area (Å²) < 4.78 is 9.57. The predicted molar refractivity (Wildman–Crippen MR) is 41.0 cm³/mol. The first-order valence-corrected chi connectivity index (χ1v) is 6.73. The molecule has 0 amide bonds. The first-order valence-electron chi connectivity index (χ1n) is 3.89. The van der Waals surface area contributed by atoms with Crippen molar-refractivity contribution in [3.63, 3.8) is 0 Å². The Bertz CT molecular complexity index is 162. The normalized spacial score (nSPS) is 21.0. The Morgan fingerprint density at radius 3 is 1.92 bits per heavy atom. The third-order valence-corrected chi connectivity index (χ3v) is 3.70. The molecule has 0 aromatic heterocycles. The van der Waals surface area contributed by atoms with Gasteiger partial charge < -0.3 is 0 Å². The Hall–Kier alpha value is -0.177. The minimum absolute atomic E-state index is 0.207. The van der Waals surface area contributed by atoms with Gasteiger partial charge in [-0.2, -0.15) is 0 Å². The molecule has 5 heteroatoms. The Kier molecular flexibility index (Phi) is 4.51. The molecular weight excluding hydrogens is 357 g/mol. The van der Waals surface area contributed by atoms with Crippen LogP contribution in [0.15, 0.2) is 0 Å². The Balaban J connectivity index is 2.31. The third kappa shape index (κ3) is 4.00. The van der Waals surface area contributed by atoms with Crippen molar-refractivity contribution in [2.45, 2.75) is 32.1 Å². The predicted octanol–water partition coefficient (Wildman–Crippen LogP) is 0.571. The zero-order valence-electron chi connectivity index (χ0n) is 6.62. The van der Waals surface area contributed by atoms with Gasteiger partial charge in [0.1, 0.15) is 0 Å². The molecule has 0 atom stereocenters. The van der Waals surface area contributed by atoms with Gasteiger partial charge in [0, 0.05) is 0 Å². The second kappa shape index (κ2) is 5.47. The summed E-state index contributed by atoms with van der Waals surface area (Å²) in [5, 5.41) is 0. The van der Waals surface area contributed by atoms with Crippen LogP contribution in [0, 0.1) is 0 Å². The molecule has 12 heavy (non-hydrogen) atoms. The van der Waals surface area contributed by atoms with E-state index in [1.807, 2.05) is 0 Å². The van der Waals surface area contributed by atoms with Crippen LogP contribution in [0.1, 0.15) is 32.1 Å². The Morgan fingerprint density at radius 2 is 1.42 bits per heavy atom. The van der Waals surface area contributed by atoms with Gasteiger partial charge in [0.05, 0.1) is 0 Å². The summed E-state index contributed by atoms with van der Waals surface area (Å²) in [5.74, 6) is -0.414. The first-order chi connectivity index (χ1) is 5.79. The molecule has 1 aliphatic rings. The van der Waals surface area contributed by atoms with Gasteiger partial charge in [0.25, 0.3) is 0 Å². The summed E-state index contributed by atoms with van der Waals surface area (Å²) in [6, 6.07) is 0. The van der Waals surface area contributed by atoms with Crippen molar-refractivity contribution in [1.29, 1.82) is 0 Å². The second-order valence-electron chi connectivity index (χ2n) is 2.56. The molecule has 67 valence electrons. The number of carbonyl (C=O) groups is 2. The average molecular weight is 367 g/mol. The van der Waals surface area contributed by atoms with Crippen LogP contribution in [0.3, 0.4) is 0 Å². The Labute approximate surface area is 83.4 Å². The minimum atomic E-state index is -1.73. The fourth-order valence-corrected chi connectivity index (χ4v) is 2.41. The van der Waals surface area contributed by atoms with Gasteiger partial charge in [0.2, 0.25) is 0 Å². The van der Waals surface area contributed by atoms with Crippen LogP contribution in [-0.4, -0.2) is 36.1 Å². The van der Waals surface area contributed by atoms with Gasteiger partial charge in [-0.1, -0.05) is 0 Å². The molecule has 1 saturated heterocycles. The van der Waals surface area contributed by atoms with Gasteiger partial charge >= 0.3 is 83.4 Å². The molecule has 0 aromatic rings. The summed E-state index contributed by atoms with van der Waals surface area (Å²) >= 11 is -1.73. The van der Waals surface area contributed by atoms with Crippen LogP contribution in [0.4, 0.5) is 0 Å². The summed E-state index contributed by atoms with van der Waals surface area (Å²) in [6.45, 7) is 0. The van der Waals surface area contributed by atoms with E-state index in [-0.39, 0.29) is 11.9 Å². The van der Waals surface area contributed by atoms with E-state index in [9.17, 15) is 9.59 Å². The van der Waals surface area contributed by atoms with E-state index in [0.29, 0.717) is 12.8 Å². The molecule has 0 aromatic carbocycles. The zero-order chi connectivity index (χ0) is 8.81. The standard InChI is InChI=1S/C7H12O4.Bi/c8-6(9)4-2-1-3-5-7(10)11;/h1-5H2,(H,8,9)(H,10,11);/q;+2/p-2. The molecular formula is C7H10BiO4. The molecule has 4 nitrogen and oxygen atoms in total. The quantitative estimate of drug-likeness (QED) is 0.588. The van der Waals surface area contributed by atoms with Crippen molar-refractivity contribution in [2.24, 2.45) is 0 Å². The SMILES string of the molecule is O=C1CCCCCC(=O)[O][Bi][O]1. The number of carbonyl (C=O) groups excluding carboxylic acids is 2. The summed E-state index contributed by atoms with van der Waals surface area (Å²) in [4.78, 5) is 21.7. The number of hydrogen-bond donors (Lipinski definition) is 0. The van der Waals surface area contributed by atoms with Crippen molar-refractivity contribution < 1.29 is 15.2 Å². The van der Waals surface area contributed by atoms with Gasteiger partial charge in [-0.05, 0) is 0 Å². The van der Waals surface area contributed by atoms with Crippen molar-refractivity contribution in [1.82, 2.24) is 0 Å².